The van der Waals surface area contributed by atoms with Gasteiger partial charge in [-0.2, -0.15) is 0 Å². The predicted molar refractivity (Wildman–Crippen MR) is 115 cm³/mol. The Morgan fingerprint density at radius 3 is 1.09 bits per heavy atom. The molecule has 3 saturated heterocycles. The molecule has 4 rings (SSSR count). The van der Waals surface area contributed by atoms with Gasteiger partial charge >= 0.3 is 17.1 Å². The van der Waals surface area contributed by atoms with E-state index in [1.54, 1.807) is 0 Å². The third-order valence-electron chi connectivity index (χ3n) is 5.51. The van der Waals surface area contributed by atoms with E-state index in [4.69, 9.17) is 28.4 Å². The molecular weight excluding hydrogens is 438 g/mol. The lowest BCUT2D eigenvalue weighted by Crippen LogP contribution is -2.54. The molecule has 1 aromatic rings. The molecule has 186 valence electrons. The first-order chi connectivity index (χ1) is 16.1. The van der Waals surface area contributed by atoms with E-state index in [1.807, 2.05) is 0 Å². The molecule has 0 spiro atoms. The predicted octanol–water partition coefficient (Wildman–Crippen LogP) is -1.41. The van der Waals surface area contributed by atoms with Crippen LogP contribution in [0.2, 0.25) is 0 Å². The van der Waals surface area contributed by atoms with Gasteiger partial charge in [0, 0.05) is 39.5 Å². The maximum Gasteiger partial charge on any atom is 0.336 e. The molecular formula is C21H33N3O9. The monoisotopic (exact) mass is 471 g/mol. The van der Waals surface area contributed by atoms with E-state index >= 15 is 0 Å². The van der Waals surface area contributed by atoms with Gasteiger partial charge in [-0.3, -0.25) is 0 Å². The van der Waals surface area contributed by atoms with Crippen LogP contribution in [0.1, 0.15) is 19.3 Å². The molecule has 0 bridgehead atoms. The Morgan fingerprint density at radius 2 is 0.848 bits per heavy atom. The quantitative estimate of drug-likeness (QED) is 0.187. The van der Waals surface area contributed by atoms with Crippen molar-refractivity contribution in [1.82, 2.24) is 13.7 Å². The minimum Gasteiger partial charge on any atom is -0.379 e. The summed E-state index contributed by atoms with van der Waals surface area (Å²) in [5, 5.41) is 0. The average molecular weight is 472 g/mol. The maximum absolute atomic E-state index is 12.9. The molecule has 0 N–H and O–H groups in total. The van der Waals surface area contributed by atoms with Crippen molar-refractivity contribution in [3.8, 4) is 0 Å². The zero-order valence-corrected chi connectivity index (χ0v) is 18.9. The largest absolute Gasteiger partial charge is 0.379 e. The van der Waals surface area contributed by atoms with Crippen LogP contribution in [0.5, 0.6) is 0 Å². The van der Waals surface area contributed by atoms with Crippen LogP contribution in [0.15, 0.2) is 14.4 Å². The van der Waals surface area contributed by atoms with Crippen molar-refractivity contribution in [2.24, 2.45) is 0 Å². The Bertz CT molecular complexity index is 779. The summed E-state index contributed by atoms with van der Waals surface area (Å²) in [7, 11) is 0. The van der Waals surface area contributed by atoms with E-state index in [1.165, 1.54) is 0 Å². The van der Waals surface area contributed by atoms with Crippen molar-refractivity contribution < 1.29 is 28.4 Å². The Labute approximate surface area is 190 Å². The first-order valence-corrected chi connectivity index (χ1v) is 11.7. The SMILES string of the molecule is O=c1n(CCCOCC2CO2)c(=O)n(CCCOCC2CO2)c(=O)n1CCCOCC1CO1. The molecule has 3 aliphatic rings. The van der Waals surface area contributed by atoms with Gasteiger partial charge in [-0.25, -0.2) is 28.1 Å². The first kappa shape index (κ1) is 24.3. The van der Waals surface area contributed by atoms with Crippen LogP contribution >= 0.6 is 0 Å². The van der Waals surface area contributed by atoms with Gasteiger partial charge in [0.05, 0.1) is 39.6 Å². The fourth-order valence-corrected chi connectivity index (χ4v) is 3.37. The number of hydrogen-bond donors (Lipinski definition) is 0. The van der Waals surface area contributed by atoms with Gasteiger partial charge in [-0.1, -0.05) is 0 Å². The minimum absolute atomic E-state index is 0.161. The van der Waals surface area contributed by atoms with Crippen LogP contribution in [0.3, 0.4) is 0 Å². The van der Waals surface area contributed by atoms with Gasteiger partial charge in [0.25, 0.3) is 0 Å². The highest BCUT2D eigenvalue weighted by Crippen LogP contribution is 2.09. The van der Waals surface area contributed by atoms with E-state index in [0.29, 0.717) is 78.7 Å². The van der Waals surface area contributed by atoms with Crippen molar-refractivity contribution in [1.29, 1.82) is 0 Å². The highest BCUT2D eigenvalue weighted by molar-refractivity contribution is 4.80. The topological polar surface area (TPSA) is 131 Å². The zero-order valence-electron chi connectivity index (χ0n) is 18.9. The Morgan fingerprint density at radius 1 is 0.576 bits per heavy atom. The molecule has 1 aromatic heterocycles. The molecule has 4 heterocycles. The van der Waals surface area contributed by atoms with Crippen LogP contribution in [0, 0.1) is 0 Å². The molecule has 0 amide bonds. The third kappa shape index (κ3) is 7.87. The summed E-state index contributed by atoms with van der Waals surface area (Å²) >= 11 is 0. The second-order valence-corrected chi connectivity index (χ2v) is 8.45. The maximum atomic E-state index is 12.9. The van der Waals surface area contributed by atoms with Crippen molar-refractivity contribution in [2.45, 2.75) is 57.2 Å². The van der Waals surface area contributed by atoms with E-state index in [9.17, 15) is 14.4 Å². The lowest BCUT2D eigenvalue weighted by Gasteiger charge is -2.14. The molecule has 3 unspecified atom stereocenters. The van der Waals surface area contributed by atoms with E-state index in [-0.39, 0.29) is 37.9 Å². The van der Waals surface area contributed by atoms with Crippen LogP contribution in [-0.4, -0.2) is 91.5 Å². The lowest BCUT2D eigenvalue weighted by molar-refractivity contribution is 0.108. The number of epoxide rings is 3. The first-order valence-electron chi connectivity index (χ1n) is 11.7. The Hall–Kier alpha value is -1.83. The fraction of sp³-hybridized carbons (Fsp3) is 0.857. The molecule has 0 radical (unpaired) electrons. The van der Waals surface area contributed by atoms with Gasteiger partial charge in [0.1, 0.15) is 18.3 Å². The van der Waals surface area contributed by atoms with Crippen molar-refractivity contribution in [2.75, 3.05) is 59.5 Å². The average Bonchev–Trinajstić information content (AvgIpc) is 3.65. The number of aromatic nitrogens is 3. The summed E-state index contributed by atoms with van der Waals surface area (Å²) < 4.78 is 35.2. The van der Waals surface area contributed by atoms with E-state index < -0.39 is 17.1 Å². The van der Waals surface area contributed by atoms with Crippen molar-refractivity contribution in [3.63, 3.8) is 0 Å². The summed E-state index contributed by atoms with van der Waals surface area (Å²) in [5.41, 5.74) is -1.79. The fourth-order valence-electron chi connectivity index (χ4n) is 3.37. The summed E-state index contributed by atoms with van der Waals surface area (Å²) in [5.74, 6) is 0. The van der Waals surface area contributed by atoms with Gasteiger partial charge in [0.2, 0.25) is 0 Å². The van der Waals surface area contributed by atoms with E-state index in [2.05, 4.69) is 0 Å². The number of hydrogen-bond acceptors (Lipinski definition) is 9. The normalized spacial score (nSPS) is 23.1. The number of rotatable bonds is 18. The molecule has 0 saturated carbocycles. The summed E-state index contributed by atoms with van der Waals surface area (Å²) in [4.78, 5) is 38.8. The zero-order chi connectivity index (χ0) is 23.0. The van der Waals surface area contributed by atoms with Gasteiger partial charge in [0.15, 0.2) is 0 Å². The molecule has 12 heteroatoms. The minimum atomic E-state index is -0.598. The Balaban J connectivity index is 1.36. The highest BCUT2D eigenvalue weighted by Gasteiger charge is 2.23. The third-order valence-corrected chi connectivity index (χ3v) is 5.51. The second kappa shape index (κ2) is 12.0. The molecule has 0 aliphatic carbocycles. The van der Waals surface area contributed by atoms with Crippen molar-refractivity contribution >= 4 is 0 Å². The van der Waals surface area contributed by atoms with Crippen LogP contribution in [0.25, 0.3) is 0 Å². The highest BCUT2D eigenvalue weighted by atomic mass is 16.6. The molecule has 3 atom stereocenters. The summed E-state index contributed by atoms with van der Waals surface area (Å²) in [6.45, 7) is 5.40. The molecule has 33 heavy (non-hydrogen) atoms. The van der Waals surface area contributed by atoms with Crippen LogP contribution in [-0.2, 0) is 48.1 Å². The standard InChI is InChI=1S/C21H33N3O9/c25-19-22(4-1-7-28-10-16-13-31-16)20(26)24(6-3-9-30-12-18-15-33-18)21(27)23(19)5-2-8-29-11-17-14-32-17/h16-18H,1-15H2. The molecule has 0 aromatic carbocycles. The Kier molecular flexibility index (Phi) is 8.87. The molecule has 3 fully saturated rings. The van der Waals surface area contributed by atoms with Crippen LogP contribution < -0.4 is 17.1 Å². The van der Waals surface area contributed by atoms with Crippen LogP contribution in [0.4, 0.5) is 0 Å². The van der Waals surface area contributed by atoms with Gasteiger partial charge in [-0.05, 0) is 19.3 Å². The number of nitrogens with zero attached hydrogens (tertiary/aromatic N) is 3. The van der Waals surface area contributed by atoms with Gasteiger partial charge < -0.3 is 28.4 Å². The summed E-state index contributed by atoms with van der Waals surface area (Å²) in [6, 6.07) is 0. The van der Waals surface area contributed by atoms with E-state index in [0.717, 1.165) is 13.7 Å². The van der Waals surface area contributed by atoms with Gasteiger partial charge in [-0.15, -0.1) is 0 Å². The molecule has 3 aliphatic heterocycles. The lowest BCUT2D eigenvalue weighted by atomic mass is 10.4. The van der Waals surface area contributed by atoms with Crippen molar-refractivity contribution in [3.05, 3.63) is 31.5 Å². The summed E-state index contributed by atoms with van der Waals surface area (Å²) in [6.07, 6.45) is 1.93. The molecule has 12 nitrogen and oxygen atoms in total. The number of ether oxygens (including phenoxy) is 6. The smallest absolute Gasteiger partial charge is 0.336 e. The second-order valence-electron chi connectivity index (χ2n) is 8.45.